The highest BCUT2D eigenvalue weighted by Gasteiger charge is 2.17. The molecule has 2 aromatic rings. The van der Waals surface area contributed by atoms with Crippen molar-refractivity contribution in [2.75, 3.05) is 11.9 Å². The van der Waals surface area contributed by atoms with Gasteiger partial charge >= 0.3 is 0 Å². The molecule has 0 aromatic heterocycles. The minimum Gasteiger partial charge on any atom is -0.385 e. The second-order valence-corrected chi connectivity index (χ2v) is 6.33. The predicted molar refractivity (Wildman–Crippen MR) is 90.4 cm³/mol. The Kier molecular flexibility index (Phi) is 4.05. The van der Waals surface area contributed by atoms with Crippen molar-refractivity contribution in [1.82, 2.24) is 0 Å². The number of rotatable bonds is 3. The average Bonchev–Trinajstić information content (AvgIpc) is 2.49. The van der Waals surface area contributed by atoms with E-state index in [0.717, 1.165) is 36.2 Å². The van der Waals surface area contributed by atoms with Crippen molar-refractivity contribution in [2.24, 2.45) is 0 Å². The van der Waals surface area contributed by atoms with E-state index in [9.17, 15) is 4.79 Å². The van der Waals surface area contributed by atoms with E-state index in [1.54, 1.807) is 0 Å². The highest BCUT2D eigenvalue weighted by molar-refractivity contribution is 14.1. The van der Waals surface area contributed by atoms with Crippen molar-refractivity contribution in [3.63, 3.8) is 0 Å². The van der Waals surface area contributed by atoms with Crippen molar-refractivity contribution < 1.29 is 4.79 Å². The zero-order chi connectivity index (χ0) is 13.9. The molecule has 1 N–H and O–H groups in total. The van der Waals surface area contributed by atoms with Crippen LogP contribution in [-0.2, 0) is 12.8 Å². The molecule has 0 spiro atoms. The van der Waals surface area contributed by atoms with Gasteiger partial charge in [0.1, 0.15) is 0 Å². The third kappa shape index (κ3) is 2.87. The number of halogens is 1. The van der Waals surface area contributed by atoms with Crippen LogP contribution in [0.1, 0.15) is 27.9 Å². The first-order valence-corrected chi connectivity index (χ1v) is 7.95. The number of carbonyl (C=O) groups excluding carboxylic acids is 1. The van der Waals surface area contributed by atoms with Gasteiger partial charge in [-0.3, -0.25) is 4.79 Å². The lowest BCUT2D eigenvalue weighted by Crippen LogP contribution is -2.16. The maximum Gasteiger partial charge on any atom is 0.167 e. The fourth-order valence-electron chi connectivity index (χ4n) is 2.65. The standard InChI is InChI=1S/C17H16INO/c18-13-8-6-12(7-9-13)11-17(20)15-3-1-5-16-14(15)4-2-10-19-16/h1,3,5-9,19H,2,4,10-11H2. The summed E-state index contributed by atoms with van der Waals surface area (Å²) in [6.07, 6.45) is 2.57. The molecule has 0 saturated heterocycles. The minimum absolute atomic E-state index is 0.215. The molecule has 1 heterocycles. The molecule has 0 bridgehead atoms. The van der Waals surface area contributed by atoms with Crippen LogP contribution in [0.2, 0.25) is 0 Å². The van der Waals surface area contributed by atoms with Gasteiger partial charge in [-0.05, 0) is 64.8 Å². The second kappa shape index (κ2) is 5.95. The van der Waals surface area contributed by atoms with Gasteiger partial charge in [-0.2, -0.15) is 0 Å². The number of fused-ring (bicyclic) bond motifs is 1. The van der Waals surface area contributed by atoms with Crippen molar-refractivity contribution in [1.29, 1.82) is 0 Å². The maximum absolute atomic E-state index is 12.5. The fraction of sp³-hybridized carbons (Fsp3) is 0.235. The van der Waals surface area contributed by atoms with Crippen LogP contribution in [0.3, 0.4) is 0 Å². The lowest BCUT2D eigenvalue weighted by molar-refractivity contribution is 0.0992. The minimum atomic E-state index is 0.215. The summed E-state index contributed by atoms with van der Waals surface area (Å²) in [5.74, 6) is 0.215. The smallest absolute Gasteiger partial charge is 0.167 e. The number of nitrogens with one attached hydrogen (secondary N) is 1. The van der Waals surface area contributed by atoms with Crippen molar-refractivity contribution in [2.45, 2.75) is 19.3 Å². The number of carbonyl (C=O) groups is 1. The lowest BCUT2D eigenvalue weighted by atomic mass is 9.93. The highest BCUT2D eigenvalue weighted by atomic mass is 127. The molecule has 20 heavy (non-hydrogen) atoms. The number of benzene rings is 2. The second-order valence-electron chi connectivity index (χ2n) is 5.09. The Hall–Kier alpha value is -1.36. The third-order valence-electron chi connectivity index (χ3n) is 3.67. The predicted octanol–water partition coefficient (Wildman–Crippen LogP) is 4.07. The molecule has 2 nitrogen and oxygen atoms in total. The van der Waals surface area contributed by atoms with Gasteiger partial charge in [0.25, 0.3) is 0 Å². The highest BCUT2D eigenvalue weighted by Crippen LogP contribution is 2.26. The van der Waals surface area contributed by atoms with E-state index >= 15 is 0 Å². The van der Waals surface area contributed by atoms with Gasteiger partial charge in [-0.1, -0.05) is 24.3 Å². The Morgan fingerprint density at radius 1 is 1.15 bits per heavy atom. The monoisotopic (exact) mass is 377 g/mol. The van der Waals surface area contributed by atoms with Gasteiger partial charge in [-0.25, -0.2) is 0 Å². The molecule has 0 amide bonds. The summed E-state index contributed by atoms with van der Waals surface area (Å²) in [6.45, 7) is 1.00. The first-order chi connectivity index (χ1) is 9.74. The molecule has 0 fully saturated rings. The van der Waals surface area contributed by atoms with E-state index in [4.69, 9.17) is 0 Å². The van der Waals surface area contributed by atoms with Crippen LogP contribution >= 0.6 is 22.6 Å². The van der Waals surface area contributed by atoms with Crippen LogP contribution < -0.4 is 5.32 Å². The summed E-state index contributed by atoms with van der Waals surface area (Å²) in [4.78, 5) is 12.5. The van der Waals surface area contributed by atoms with E-state index in [1.165, 1.54) is 9.13 Å². The molecule has 1 aliphatic rings. The Labute approximate surface area is 132 Å². The van der Waals surface area contributed by atoms with E-state index in [2.05, 4.69) is 34.0 Å². The van der Waals surface area contributed by atoms with Gasteiger partial charge in [0.15, 0.2) is 5.78 Å². The molecule has 3 rings (SSSR count). The first kappa shape index (κ1) is 13.6. The number of Topliss-reactive ketones (excluding diaryl/α,β-unsaturated/α-hetero) is 1. The molecule has 3 heteroatoms. The maximum atomic E-state index is 12.5. The lowest BCUT2D eigenvalue weighted by Gasteiger charge is -2.20. The summed E-state index contributed by atoms with van der Waals surface area (Å²) >= 11 is 2.28. The van der Waals surface area contributed by atoms with Crippen molar-refractivity contribution >= 4 is 34.1 Å². The quantitative estimate of drug-likeness (QED) is 0.645. The molecule has 1 aliphatic heterocycles. The fourth-order valence-corrected chi connectivity index (χ4v) is 3.01. The van der Waals surface area contributed by atoms with Gasteiger partial charge in [0.05, 0.1) is 0 Å². The van der Waals surface area contributed by atoms with Crippen molar-refractivity contribution in [3.05, 3.63) is 62.7 Å². The Bertz CT molecular complexity index is 634. The van der Waals surface area contributed by atoms with Gasteiger partial charge < -0.3 is 5.32 Å². The summed E-state index contributed by atoms with van der Waals surface area (Å²) < 4.78 is 1.19. The van der Waals surface area contributed by atoms with E-state index < -0.39 is 0 Å². The molecule has 0 aliphatic carbocycles. The van der Waals surface area contributed by atoms with E-state index in [-0.39, 0.29) is 5.78 Å². The van der Waals surface area contributed by atoms with E-state index in [0.29, 0.717) is 6.42 Å². The van der Waals surface area contributed by atoms with Crippen LogP contribution in [0.4, 0.5) is 5.69 Å². The van der Waals surface area contributed by atoms with Gasteiger partial charge in [-0.15, -0.1) is 0 Å². The van der Waals surface area contributed by atoms with Crippen molar-refractivity contribution in [3.8, 4) is 0 Å². The Morgan fingerprint density at radius 2 is 1.95 bits per heavy atom. The SMILES string of the molecule is O=C(Cc1ccc(I)cc1)c1cccc2c1CCCN2. The number of hydrogen-bond donors (Lipinski definition) is 1. The van der Waals surface area contributed by atoms with Crippen LogP contribution in [0.25, 0.3) is 0 Å². The molecule has 102 valence electrons. The van der Waals surface area contributed by atoms with Crippen LogP contribution in [0, 0.1) is 3.57 Å². The summed E-state index contributed by atoms with van der Waals surface area (Å²) in [6, 6.07) is 14.2. The van der Waals surface area contributed by atoms with Gasteiger partial charge in [0, 0.05) is 27.8 Å². The number of ketones is 1. The summed E-state index contributed by atoms with van der Waals surface area (Å²) in [5, 5.41) is 3.38. The zero-order valence-electron chi connectivity index (χ0n) is 11.2. The third-order valence-corrected chi connectivity index (χ3v) is 4.39. The molecule has 0 unspecified atom stereocenters. The number of anilines is 1. The number of hydrogen-bond acceptors (Lipinski definition) is 2. The normalized spacial score (nSPS) is 13.4. The molecule has 0 atom stereocenters. The molecular weight excluding hydrogens is 361 g/mol. The Morgan fingerprint density at radius 3 is 2.75 bits per heavy atom. The van der Waals surface area contributed by atoms with Crippen LogP contribution in [0.5, 0.6) is 0 Å². The molecule has 0 radical (unpaired) electrons. The average molecular weight is 377 g/mol. The zero-order valence-corrected chi connectivity index (χ0v) is 13.3. The van der Waals surface area contributed by atoms with E-state index in [1.807, 2.05) is 36.4 Å². The largest absolute Gasteiger partial charge is 0.385 e. The summed E-state index contributed by atoms with van der Waals surface area (Å²) in [5.41, 5.74) is 4.28. The van der Waals surface area contributed by atoms with Crippen LogP contribution in [0.15, 0.2) is 42.5 Å². The van der Waals surface area contributed by atoms with Crippen LogP contribution in [-0.4, -0.2) is 12.3 Å². The Balaban J connectivity index is 1.85. The first-order valence-electron chi connectivity index (χ1n) is 6.87. The molecule has 0 saturated carbocycles. The van der Waals surface area contributed by atoms with Gasteiger partial charge in [0.2, 0.25) is 0 Å². The topological polar surface area (TPSA) is 29.1 Å². The molecule has 2 aromatic carbocycles. The summed E-state index contributed by atoms with van der Waals surface area (Å²) in [7, 11) is 0. The molecular formula is C17H16INO.